The van der Waals surface area contributed by atoms with Gasteiger partial charge in [0.1, 0.15) is 5.82 Å². The van der Waals surface area contributed by atoms with E-state index in [2.05, 4.69) is 15.9 Å². The van der Waals surface area contributed by atoms with Crippen LogP contribution < -0.4 is 5.73 Å². The van der Waals surface area contributed by atoms with Gasteiger partial charge in [0.25, 0.3) is 0 Å². The molecule has 1 aromatic rings. The summed E-state index contributed by atoms with van der Waals surface area (Å²) < 4.78 is 39.9. The molecule has 1 atom stereocenters. The Bertz CT molecular complexity index is 605. The largest absolute Gasteiger partial charge is 0.327 e. The summed E-state index contributed by atoms with van der Waals surface area (Å²) in [6.07, 6.45) is 0.578. The summed E-state index contributed by atoms with van der Waals surface area (Å²) in [5.41, 5.74) is 6.33. The molecule has 1 unspecified atom stereocenters. The lowest BCUT2D eigenvalue weighted by Crippen LogP contribution is -2.35. The van der Waals surface area contributed by atoms with Gasteiger partial charge in [-0.1, -0.05) is 13.8 Å². The number of nitrogens with zero attached hydrogens (tertiary/aromatic N) is 1. The molecule has 0 aliphatic heterocycles. The van der Waals surface area contributed by atoms with E-state index in [0.29, 0.717) is 24.4 Å². The summed E-state index contributed by atoms with van der Waals surface area (Å²) in [4.78, 5) is 0.108. The van der Waals surface area contributed by atoms with E-state index in [1.165, 1.54) is 23.5 Å². The van der Waals surface area contributed by atoms with Crippen LogP contribution in [0.4, 0.5) is 4.39 Å². The number of hydrogen-bond donors (Lipinski definition) is 1. The molecule has 120 valence electrons. The van der Waals surface area contributed by atoms with E-state index in [1.807, 2.05) is 13.8 Å². The first kappa shape index (κ1) is 18.5. The molecule has 21 heavy (non-hydrogen) atoms. The average Bonchev–Trinajstić information content (AvgIpc) is 2.39. The van der Waals surface area contributed by atoms with Gasteiger partial charge in [-0.05, 0) is 52.9 Å². The zero-order valence-electron chi connectivity index (χ0n) is 12.7. The minimum atomic E-state index is -3.65. The maximum absolute atomic E-state index is 13.4. The Morgan fingerprint density at radius 3 is 2.48 bits per heavy atom. The fourth-order valence-electron chi connectivity index (χ4n) is 1.86. The molecule has 0 heterocycles. The highest BCUT2D eigenvalue weighted by Gasteiger charge is 2.24. The summed E-state index contributed by atoms with van der Waals surface area (Å²) in [6, 6.07) is 2.47. The van der Waals surface area contributed by atoms with Crippen LogP contribution in [0, 0.1) is 18.7 Å². The van der Waals surface area contributed by atoms with Gasteiger partial charge in [0.15, 0.2) is 0 Å². The summed E-state index contributed by atoms with van der Waals surface area (Å²) in [5, 5.41) is 0. The molecular weight excluding hydrogens is 359 g/mol. The highest BCUT2D eigenvalue weighted by Crippen LogP contribution is 2.26. The molecule has 4 nitrogen and oxygen atoms in total. The lowest BCUT2D eigenvalue weighted by atomic mass is 10.0. The van der Waals surface area contributed by atoms with Gasteiger partial charge in [0, 0.05) is 19.6 Å². The predicted molar refractivity (Wildman–Crippen MR) is 86.1 cm³/mol. The van der Waals surface area contributed by atoms with Crippen molar-refractivity contribution in [2.24, 2.45) is 11.7 Å². The molecule has 0 amide bonds. The molecule has 2 N–H and O–H groups in total. The van der Waals surface area contributed by atoms with Gasteiger partial charge in [0.05, 0.1) is 9.37 Å². The van der Waals surface area contributed by atoms with Crippen LogP contribution >= 0.6 is 15.9 Å². The van der Waals surface area contributed by atoms with E-state index in [4.69, 9.17) is 5.73 Å². The maximum atomic E-state index is 13.4. The molecular formula is C14H22BrFN2O2S. The number of sulfonamides is 1. The zero-order chi connectivity index (χ0) is 16.4. The van der Waals surface area contributed by atoms with Gasteiger partial charge in [-0.3, -0.25) is 0 Å². The quantitative estimate of drug-likeness (QED) is 0.824. The fraction of sp³-hybridized carbons (Fsp3) is 0.571. The van der Waals surface area contributed by atoms with Crippen LogP contribution in [-0.4, -0.2) is 32.4 Å². The van der Waals surface area contributed by atoms with Gasteiger partial charge in [-0.2, -0.15) is 0 Å². The minimum absolute atomic E-state index is 0.0521. The van der Waals surface area contributed by atoms with E-state index in [1.54, 1.807) is 6.92 Å². The number of hydrogen-bond acceptors (Lipinski definition) is 3. The summed E-state index contributed by atoms with van der Waals surface area (Å²) >= 11 is 3.03. The molecule has 0 fully saturated rings. The number of halogens is 2. The standard InChI is InChI=1S/C14H22BrFN2O2S/c1-9(2)13(17)5-6-18(4)21(19,20)14-8-11(15)12(16)7-10(14)3/h7-9,13H,5-6,17H2,1-4H3. The van der Waals surface area contributed by atoms with Crippen molar-refractivity contribution >= 4 is 26.0 Å². The fourth-order valence-corrected chi connectivity index (χ4v) is 3.77. The van der Waals surface area contributed by atoms with Gasteiger partial charge >= 0.3 is 0 Å². The highest BCUT2D eigenvalue weighted by atomic mass is 79.9. The molecule has 0 saturated carbocycles. The van der Waals surface area contributed by atoms with Crippen LogP contribution in [0.25, 0.3) is 0 Å². The molecule has 0 spiro atoms. The van der Waals surface area contributed by atoms with Gasteiger partial charge in [0.2, 0.25) is 10.0 Å². The van der Waals surface area contributed by atoms with Crippen LogP contribution in [0.5, 0.6) is 0 Å². The summed E-state index contributed by atoms with van der Waals surface area (Å²) in [5.74, 6) is -0.182. The van der Waals surface area contributed by atoms with Crippen LogP contribution in [0.1, 0.15) is 25.8 Å². The maximum Gasteiger partial charge on any atom is 0.243 e. The van der Waals surface area contributed by atoms with Crippen LogP contribution in [0.3, 0.4) is 0 Å². The zero-order valence-corrected chi connectivity index (χ0v) is 15.1. The third kappa shape index (κ3) is 4.48. The number of benzene rings is 1. The normalized spacial score (nSPS) is 14.0. The number of aryl methyl sites for hydroxylation is 1. The monoisotopic (exact) mass is 380 g/mol. The molecule has 7 heteroatoms. The van der Waals surface area contributed by atoms with Crippen molar-refractivity contribution in [1.29, 1.82) is 0 Å². The lowest BCUT2D eigenvalue weighted by Gasteiger charge is -2.22. The second kappa shape index (κ2) is 7.17. The molecule has 0 radical (unpaired) electrons. The van der Waals surface area contributed by atoms with Crippen molar-refractivity contribution in [3.8, 4) is 0 Å². The first-order valence-corrected chi connectivity index (χ1v) is 8.98. The Morgan fingerprint density at radius 1 is 1.38 bits per heavy atom. The minimum Gasteiger partial charge on any atom is -0.327 e. The Hall–Kier alpha value is -0.500. The average molecular weight is 381 g/mol. The van der Waals surface area contributed by atoms with Crippen molar-refractivity contribution in [3.05, 3.63) is 28.0 Å². The smallest absolute Gasteiger partial charge is 0.243 e. The Morgan fingerprint density at radius 2 is 1.95 bits per heavy atom. The van der Waals surface area contributed by atoms with Crippen LogP contribution in [0.15, 0.2) is 21.5 Å². The van der Waals surface area contributed by atoms with Crippen molar-refractivity contribution in [3.63, 3.8) is 0 Å². The summed E-state index contributed by atoms with van der Waals surface area (Å²) in [6.45, 7) is 5.91. The topological polar surface area (TPSA) is 63.4 Å². The second-order valence-electron chi connectivity index (χ2n) is 5.55. The molecule has 1 aromatic carbocycles. The first-order chi connectivity index (χ1) is 9.57. The lowest BCUT2D eigenvalue weighted by molar-refractivity contribution is 0.397. The first-order valence-electron chi connectivity index (χ1n) is 6.75. The molecule has 0 aromatic heterocycles. The van der Waals surface area contributed by atoms with Gasteiger partial charge in [-0.25, -0.2) is 17.1 Å². The van der Waals surface area contributed by atoms with Crippen molar-refractivity contribution in [1.82, 2.24) is 4.31 Å². The Kier molecular flexibility index (Phi) is 6.34. The van der Waals surface area contributed by atoms with Crippen LogP contribution in [0.2, 0.25) is 0 Å². The Balaban J connectivity index is 2.98. The predicted octanol–water partition coefficient (Wildman–Crippen LogP) is 2.89. The second-order valence-corrected chi connectivity index (χ2v) is 8.42. The highest BCUT2D eigenvalue weighted by molar-refractivity contribution is 9.10. The van der Waals surface area contributed by atoms with Crippen LogP contribution in [-0.2, 0) is 10.0 Å². The number of nitrogens with two attached hydrogens (primary N) is 1. The number of rotatable bonds is 6. The van der Waals surface area contributed by atoms with E-state index in [9.17, 15) is 12.8 Å². The van der Waals surface area contributed by atoms with Gasteiger partial charge in [-0.15, -0.1) is 0 Å². The van der Waals surface area contributed by atoms with Crippen molar-refractivity contribution < 1.29 is 12.8 Å². The van der Waals surface area contributed by atoms with E-state index in [0.717, 1.165) is 0 Å². The third-order valence-electron chi connectivity index (χ3n) is 3.54. The van der Waals surface area contributed by atoms with E-state index >= 15 is 0 Å². The Labute approximate surface area is 134 Å². The van der Waals surface area contributed by atoms with Crippen molar-refractivity contribution in [2.75, 3.05) is 13.6 Å². The molecule has 0 bridgehead atoms. The molecule has 0 aliphatic carbocycles. The molecule has 0 saturated heterocycles. The van der Waals surface area contributed by atoms with Crippen molar-refractivity contribution in [2.45, 2.75) is 38.1 Å². The third-order valence-corrected chi connectivity index (χ3v) is 6.15. The SMILES string of the molecule is Cc1cc(F)c(Br)cc1S(=O)(=O)N(C)CCC(N)C(C)C. The molecule has 0 aliphatic rings. The summed E-state index contributed by atoms with van der Waals surface area (Å²) in [7, 11) is -2.14. The van der Waals surface area contributed by atoms with Gasteiger partial charge < -0.3 is 5.73 Å². The molecule has 1 rings (SSSR count). The van der Waals surface area contributed by atoms with E-state index < -0.39 is 15.8 Å². The van der Waals surface area contributed by atoms with E-state index in [-0.39, 0.29) is 15.4 Å².